The van der Waals surface area contributed by atoms with E-state index in [1.165, 1.54) is 54.8 Å². The van der Waals surface area contributed by atoms with Crippen LogP contribution < -0.4 is 14.3 Å². The molecule has 0 spiro atoms. The second-order valence-corrected chi connectivity index (χ2v) is 10.7. The van der Waals surface area contributed by atoms with Crippen molar-refractivity contribution < 1.29 is 27.5 Å². The van der Waals surface area contributed by atoms with Gasteiger partial charge in [-0.3, -0.25) is 14.3 Å². The fourth-order valence-corrected chi connectivity index (χ4v) is 5.62. The van der Waals surface area contributed by atoms with Crippen LogP contribution in [0.3, 0.4) is 0 Å². The van der Waals surface area contributed by atoms with Crippen LogP contribution in [-0.2, 0) is 26.1 Å². The lowest BCUT2D eigenvalue weighted by Gasteiger charge is -2.08. The molecule has 0 aliphatic rings. The molecular weight excluding hydrogens is 514 g/mol. The van der Waals surface area contributed by atoms with Crippen molar-refractivity contribution in [3.05, 3.63) is 82.7 Å². The number of ether oxygens (including phenoxy) is 2. The zero-order chi connectivity index (χ0) is 26.6. The minimum absolute atomic E-state index is 0.115. The van der Waals surface area contributed by atoms with E-state index in [0.29, 0.717) is 28.4 Å². The standard InChI is InChI=1S/C26H25N3O6S2/c1-4-35-20-11-14-22-23(15-20)36-26(29(22)16-24(30)34-3)27-25(31)18-7-9-19(10-8-18)28-37(32,33)21-12-5-17(2)6-13-21/h5-15,28H,4,16H2,1-3H3. The molecule has 0 aliphatic heterocycles. The maximum atomic E-state index is 13.0. The Bertz CT molecular complexity index is 1620. The number of sulfonamides is 1. The van der Waals surface area contributed by atoms with Crippen molar-refractivity contribution in [1.29, 1.82) is 0 Å². The number of thiazole rings is 1. The highest BCUT2D eigenvalue weighted by atomic mass is 32.2. The van der Waals surface area contributed by atoms with Crippen molar-refractivity contribution in [2.45, 2.75) is 25.3 Å². The number of aromatic nitrogens is 1. The van der Waals surface area contributed by atoms with E-state index in [4.69, 9.17) is 9.47 Å². The number of fused-ring (bicyclic) bond motifs is 1. The number of esters is 1. The molecule has 1 aromatic heterocycles. The van der Waals surface area contributed by atoms with E-state index in [-0.39, 0.29) is 17.0 Å². The normalized spacial score (nSPS) is 11.9. The third-order valence-corrected chi connectivity index (χ3v) is 7.83. The number of nitrogens with zero attached hydrogens (tertiary/aromatic N) is 2. The summed E-state index contributed by atoms with van der Waals surface area (Å²) in [5, 5.41) is 0. The van der Waals surface area contributed by atoms with Gasteiger partial charge in [-0.25, -0.2) is 8.42 Å². The number of aryl methyl sites for hydroxylation is 1. The number of hydrogen-bond acceptors (Lipinski definition) is 7. The maximum absolute atomic E-state index is 13.0. The lowest BCUT2D eigenvalue weighted by molar-refractivity contribution is -0.141. The van der Waals surface area contributed by atoms with E-state index in [0.717, 1.165) is 10.3 Å². The van der Waals surface area contributed by atoms with E-state index in [1.807, 2.05) is 19.9 Å². The topological polar surface area (TPSA) is 116 Å². The summed E-state index contributed by atoms with van der Waals surface area (Å²) in [6, 6.07) is 17.9. The number of rotatable bonds is 8. The van der Waals surface area contributed by atoms with Gasteiger partial charge in [0.25, 0.3) is 15.9 Å². The summed E-state index contributed by atoms with van der Waals surface area (Å²) in [4.78, 5) is 29.7. The Morgan fingerprint density at radius 2 is 1.73 bits per heavy atom. The predicted molar refractivity (Wildman–Crippen MR) is 141 cm³/mol. The smallest absolute Gasteiger partial charge is 0.325 e. The molecule has 11 heteroatoms. The Kier molecular flexibility index (Phi) is 7.74. The Labute approximate surface area is 218 Å². The largest absolute Gasteiger partial charge is 0.494 e. The summed E-state index contributed by atoms with van der Waals surface area (Å²) in [6.45, 7) is 4.15. The highest BCUT2D eigenvalue weighted by Crippen LogP contribution is 2.24. The summed E-state index contributed by atoms with van der Waals surface area (Å²) in [5.41, 5.74) is 2.23. The number of hydrogen-bond donors (Lipinski definition) is 1. The second kappa shape index (κ2) is 11.0. The summed E-state index contributed by atoms with van der Waals surface area (Å²) in [7, 11) is -2.48. The van der Waals surface area contributed by atoms with E-state index >= 15 is 0 Å². The van der Waals surface area contributed by atoms with Gasteiger partial charge < -0.3 is 14.0 Å². The van der Waals surface area contributed by atoms with Gasteiger partial charge in [-0.2, -0.15) is 4.99 Å². The Hall–Kier alpha value is -3.96. The van der Waals surface area contributed by atoms with E-state index < -0.39 is 21.9 Å². The first kappa shape index (κ1) is 26.1. The molecule has 1 heterocycles. The van der Waals surface area contributed by atoms with Gasteiger partial charge >= 0.3 is 5.97 Å². The van der Waals surface area contributed by atoms with Gasteiger partial charge in [0, 0.05) is 11.3 Å². The van der Waals surface area contributed by atoms with E-state index in [9.17, 15) is 18.0 Å². The van der Waals surface area contributed by atoms with Gasteiger partial charge in [0.15, 0.2) is 4.80 Å². The molecule has 192 valence electrons. The van der Waals surface area contributed by atoms with E-state index in [2.05, 4.69) is 9.71 Å². The number of amides is 1. The molecule has 3 aromatic carbocycles. The second-order valence-electron chi connectivity index (χ2n) is 8.02. The molecule has 9 nitrogen and oxygen atoms in total. The molecule has 0 radical (unpaired) electrons. The third kappa shape index (κ3) is 6.07. The van der Waals surface area contributed by atoms with Gasteiger partial charge in [0.1, 0.15) is 12.3 Å². The monoisotopic (exact) mass is 539 g/mol. The fraction of sp³-hybridized carbons (Fsp3) is 0.192. The Balaban J connectivity index is 1.62. The number of carbonyl (C=O) groups is 2. The summed E-state index contributed by atoms with van der Waals surface area (Å²) < 4.78 is 40.5. The van der Waals surface area contributed by atoms with Crippen LogP contribution in [0.5, 0.6) is 5.75 Å². The number of methoxy groups -OCH3 is 1. The van der Waals surface area contributed by atoms with Crippen LogP contribution >= 0.6 is 11.3 Å². The molecular formula is C26H25N3O6S2. The first-order valence-corrected chi connectivity index (χ1v) is 13.6. The minimum atomic E-state index is -3.77. The molecule has 0 saturated heterocycles. The summed E-state index contributed by atoms with van der Waals surface area (Å²) >= 11 is 1.25. The van der Waals surface area contributed by atoms with Gasteiger partial charge in [0.05, 0.1) is 28.8 Å². The highest BCUT2D eigenvalue weighted by Gasteiger charge is 2.16. The summed E-state index contributed by atoms with van der Waals surface area (Å²) in [5.74, 6) is -0.348. The molecule has 4 rings (SSSR count). The molecule has 0 atom stereocenters. The van der Waals surface area contributed by atoms with Gasteiger partial charge in [0.2, 0.25) is 0 Å². The van der Waals surface area contributed by atoms with Crippen LogP contribution in [0.15, 0.2) is 76.6 Å². The quantitative estimate of drug-likeness (QED) is 0.337. The molecule has 0 unspecified atom stereocenters. The van der Waals surface area contributed by atoms with Crippen molar-refractivity contribution in [2.75, 3.05) is 18.4 Å². The molecule has 37 heavy (non-hydrogen) atoms. The molecule has 0 aliphatic carbocycles. The van der Waals surface area contributed by atoms with Crippen molar-refractivity contribution >= 4 is 49.1 Å². The van der Waals surface area contributed by atoms with Crippen molar-refractivity contribution in [3.63, 3.8) is 0 Å². The number of benzene rings is 3. The number of nitrogens with one attached hydrogen (secondary N) is 1. The van der Waals surface area contributed by atoms with Gasteiger partial charge in [-0.15, -0.1) is 0 Å². The minimum Gasteiger partial charge on any atom is -0.494 e. The van der Waals surface area contributed by atoms with Crippen LogP contribution in [0.25, 0.3) is 10.2 Å². The van der Waals surface area contributed by atoms with Crippen LogP contribution in [-0.4, -0.2) is 38.6 Å². The predicted octanol–water partition coefficient (Wildman–Crippen LogP) is 4.12. The maximum Gasteiger partial charge on any atom is 0.325 e. The first-order valence-electron chi connectivity index (χ1n) is 11.3. The van der Waals surface area contributed by atoms with E-state index in [1.54, 1.807) is 28.8 Å². The lowest BCUT2D eigenvalue weighted by Crippen LogP contribution is -2.22. The lowest BCUT2D eigenvalue weighted by atomic mass is 10.2. The Morgan fingerprint density at radius 1 is 1.03 bits per heavy atom. The Morgan fingerprint density at radius 3 is 2.38 bits per heavy atom. The molecule has 0 fully saturated rings. The highest BCUT2D eigenvalue weighted by molar-refractivity contribution is 7.92. The van der Waals surface area contributed by atoms with Crippen molar-refractivity contribution in [2.24, 2.45) is 4.99 Å². The summed E-state index contributed by atoms with van der Waals surface area (Å²) in [6.07, 6.45) is 0. The average molecular weight is 540 g/mol. The molecule has 4 aromatic rings. The molecule has 0 saturated carbocycles. The molecule has 0 bridgehead atoms. The fourth-order valence-electron chi connectivity index (χ4n) is 3.51. The average Bonchev–Trinajstić information content (AvgIpc) is 3.20. The van der Waals surface area contributed by atoms with Crippen LogP contribution in [0, 0.1) is 6.92 Å². The zero-order valence-electron chi connectivity index (χ0n) is 20.4. The van der Waals surface area contributed by atoms with Crippen LogP contribution in [0.2, 0.25) is 0 Å². The van der Waals surface area contributed by atoms with Gasteiger partial charge in [-0.05, 0) is 68.4 Å². The zero-order valence-corrected chi connectivity index (χ0v) is 22.1. The molecule has 1 amide bonds. The van der Waals surface area contributed by atoms with Crippen molar-refractivity contribution in [3.8, 4) is 5.75 Å². The van der Waals surface area contributed by atoms with Gasteiger partial charge in [-0.1, -0.05) is 29.0 Å². The SMILES string of the molecule is CCOc1ccc2c(c1)sc(=NC(=O)c1ccc(NS(=O)(=O)c3ccc(C)cc3)cc1)n2CC(=O)OC. The van der Waals surface area contributed by atoms with Crippen molar-refractivity contribution in [1.82, 2.24) is 4.57 Å². The third-order valence-electron chi connectivity index (χ3n) is 5.39. The van der Waals surface area contributed by atoms with Crippen LogP contribution in [0.4, 0.5) is 5.69 Å². The van der Waals surface area contributed by atoms with Crippen LogP contribution in [0.1, 0.15) is 22.8 Å². The number of anilines is 1. The molecule has 1 N–H and O–H groups in total. The number of carbonyl (C=O) groups excluding carboxylic acids is 2. The first-order chi connectivity index (χ1) is 17.7.